The molecule has 17 heavy (non-hydrogen) atoms. The predicted molar refractivity (Wildman–Crippen MR) is 67.5 cm³/mol. The van der Waals surface area contributed by atoms with Crippen LogP contribution in [0.3, 0.4) is 0 Å². The van der Waals surface area contributed by atoms with Crippen molar-refractivity contribution >= 4 is 11.8 Å². The van der Waals surface area contributed by atoms with Crippen LogP contribution in [0.5, 0.6) is 0 Å². The highest BCUT2D eigenvalue weighted by Crippen LogP contribution is 2.22. The van der Waals surface area contributed by atoms with Gasteiger partial charge in [0.2, 0.25) is 0 Å². The molecular formula is C13H24N2O2. The third-order valence-corrected chi connectivity index (χ3v) is 3.29. The van der Waals surface area contributed by atoms with Gasteiger partial charge in [-0.2, -0.15) is 0 Å². The molecule has 0 bridgehead atoms. The molecule has 2 atom stereocenters. The molecule has 0 aliphatic carbocycles. The first-order valence-electron chi connectivity index (χ1n) is 6.54. The van der Waals surface area contributed by atoms with Gasteiger partial charge in [-0.3, -0.25) is 9.59 Å². The van der Waals surface area contributed by atoms with Crippen LogP contribution >= 0.6 is 0 Å². The molecule has 1 rings (SSSR count). The summed E-state index contributed by atoms with van der Waals surface area (Å²) in [4.78, 5) is 25.5. The quantitative estimate of drug-likeness (QED) is 0.744. The standard InChI is InChI=1S/C13H24N2O2/c1-9(2)8-14-12(16)13(17)15-10(3)6-5-7-11(15)4/h9-11H,5-8H2,1-4H3,(H,14,16). The maximum atomic E-state index is 12.0. The Bertz CT molecular complexity index is 279. The highest BCUT2D eigenvalue weighted by molar-refractivity contribution is 6.35. The van der Waals surface area contributed by atoms with Crippen LogP contribution in [-0.2, 0) is 9.59 Å². The molecule has 0 aromatic heterocycles. The highest BCUT2D eigenvalue weighted by Gasteiger charge is 2.32. The van der Waals surface area contributed by atoms with Crippen molar-refractivity contribution in [1.29, 1.82) is 0 Å². The summed E-state index contributed by atoms with van der Waals surface area (Å²) in [6.45, 7) is 8.61. The number of hydrogen-bond donors (Lipinski definition) is 1. The molecule has 1 aliphatic heterocycles. The van der Waals surface area contributed by atoms with Crippen molar-refractivity contribution in [3.05, 3.63) is 0 Å². The van der Waals surface area contributed by atoms with Gasteiger partial charge >= 0.3 is 11.8 Å². The minimum absolute atomic E-state index is 0.177. The van der Waals surface area contributed by atoms with E-state index >= 15 is 0 Å². The van der Waals surface area contributed by atoms with Crippen molar-refractivity contribution in [2.75, 3.05) is 6.54 Å². The second-order valence-electron chi connectivity index (χ2n) is 5.45. The van der Waals surface area contributed by atoms with Crippen LogP contribution in [0, 0.1) is 5.92 Å². The van der Waals surface area contributed by atoms with E-state index in [-0.39, 0.29) is 18.0 Å². The number of amides is 2. The number of hydrogen-bond acceptors (Lipinski definition) is 2. The monoisotopic (exact) mass is 240 g/mol. The van der Waals surface area contributed by atoms with E-state index < -0.39 is 5.91 Å². The number of piperidine rings is 1. The van der Waals surface area contributed by atoms with E-state index in [0.29, 0.717) is 12.5 Å². The summed E-state index contributed by atoms with van der Waals surface area (Å²) in [5.41, 5.74) is 0. The molecule has 1 aliphatic rings. The second kappa shape index (κ2) is 6.03. The first-order valence-corrected chi connectivity index (χ1v) is 6.54. The minimum atomic E-state index is -0.459. The first kappa shape index (κ1) is 14.0. The van der Waals surface area contributed by atoms with Crippen LogP contribution in [0.1, 0.15) is 47.0 Å². The molecule has 2 amide bonds. The zero-order chi connectivity index (χ0) is 13.0. The molecular weight excluding hydrogens is 216 g/mol. The topological polar surface area (TPSA) is 49.4 Å². The number of rotatable bonds is 2. The summed E-state index contributed by atoms with van der Waals surface area (Å²) in [7, 11) is 0. The number of carbonyl (C=O) groups excluding carboxylic acids is 2. The van der Waals surface area contributed by atoms with E-state index in [1.54, 1.807) is 4.90 Å². The van der Waals surface area contributed by atoms with Crippen LogP contribution in [0.2, 0.25) is 0 Å². The van der Waals surface area contributed by atoms with E-state index in [9.17, 15) is 9.59 Å². The average Bonchev–Trinajstić information content (AvgIpc) is 2.25. The van der Waals surface area contributed by atoms with Gasteiger partial charge in [0.05, 0.1) is 0 Å². The zero-order valence-corrected chi connectivity index (χ0v) is 11.3. The van der Waals surface area contributed by atoms with Crippen LogP contribution < -0.4 is 5.32 Å². The fraction of sp³-hybridized carbons (Fsp3) is 0.846. The molecule has 1 saturated heterocycles. The summed E-state index contributed by atoms with van der Waals surface area (Å²) in [5, 5.41) is 2.69. The lowest BCUT2D eigenvalue weighted by molar-refractivity contribution is -0.150. The lowest BCUT2D eigenvalue weighted by Crippen LogP contribution is -2.53. The molecule has 0 radical (unpaired) electrons. The van der Waals surface area contributed by atoms with Gasteiger partial charge in [0.1, 0.15) is 0 Å². The van der Waals surface area contributed by atoms with Gasteiger partial charge in [0, 0.05) is 18.6 Å². The Hall–Kier alpha value is -1.06. The number of nitrogens with one attached hydrogen (secondary N) is 1. The minimum Gasteiger partial charge on any atom is -0.348 e. The molecule has 98 valence electrons. The Morgan fingerprint density at radius 1 is 1.24 bits per heavy atom. The molecule has 4 heteroatoms. The van der Waals surface area contributed by atoms with Crippen LogP contribution in [-0.4, -0.2) is 35.3 Å². The van der Waals surface area contributed by atoms with Gasteiger partial charge in [0.25, 0.3) is 0 Å². The van der Waals surface area contributed by atoms with Crippen molar-refractivity contribution in [3.63, 3.8) is 0 Å². The summed E-state index contributed by atoms with van der Waals surface area (Å²) in [6, 6.07) is 0.354. The Balaban J connectivity index is 2.57. The smallest absolute Gasteiger partial charge is 0.312 e. The second-order valence-corrected chi connectivity index (χ2v) is 5.45. The van der Waals surface area contributed by atoms with Gasteiger partial charge < -0.3 is 10.2 Å². The lowest BCUT2D eigenvalue weighted by atomic mass is 9.97. The molecule has 0 aromatic rings. The fourth-order valence-electron chi connectivity index (χ4n) is 2.31. The van der Waals surface area contributed by atoms with Gasteiger partial charge in [0.15, 0.2) is 0 Å². The largest absolute Gasteiger partial charge is 0.348 e. The molecule has 2 unspecified atom stereocenters. The average molecular weight is 240 g/mol. The molecule has 1 N–H and O–H groups in total. The van der Waals surface area contributed by atoms with Crippen molar-refractivity contribution < 1.29 is 9.59 Å². The van der Waals surface area contributed by atoms with E-state index in [0.717, 1.165) is 19.3 Å². The summed E-state index contributed by atoms with van der Waals surface area (Å²) >= 11 is 0. The third kappa shape index (κ3) is 3.72. The first-order chi connectivity index (χ1) is 7.93. The molecule has 0 aromatic carbocycles. The Morgan fingerprint density at radius 3 is 2.24 bits per heavy atom. The Kier molecular flexibility index (Phi) is 4.97. The maximum absolute atomic E-state index is 12.0. The lowest BCUT2D eigenvalue weighted by Gasteiger charge is -2.38. The molecule has 0 saturated carbocycles. The molecule has 0 spiro atoms. The Labute approximate surface area is 104 Å². The van der Waals surface area contributed by atoms with E-state index in [1.807, 2.05) is 27.7 Å². The van der Waals surface area contributed by atoms with E-state index in [1.165, 1.54) is 0 Å². The number of likely N-dealkylation sites (tertiary alicyclic amines) is 1. The zero-order valence-electron chi connectivity index (χ0n) is 11.3. The van der Waals surface area contributed by atoms with Gasteiger partial charge in [-0.15, -0.1) is 0 Å². The SMILES string of the molecule is CC(C)CNC(=O)C(=O)N1C(C)CCCC1C. The maximum Gasteiger partial charge on any atom is 0.312 e. The normalized spacial score (nSPS) is 24.9. The molecule has 1 heterocycles. The van der Waals surface area contributed by atoms with Crippen LogP contribution in [0.15, 0.2) is 0 Å². The summed E-state index contributed by atoms with van der Waals surface area (Å²) in [6.07, 6.45) is 3.13. The van der Waals surface area contributed by atoms with Crippen molar-refractivity contribution in [2.45, 2.75) is 59.0 Å². The van der Waals surface area contributed by atoms with E-state index in [2.05, 4.69) is 5.32 Å². The number of carbonyl (C=O) groups is 2. The third-order valence-electron chi connectivity index (χ3n) is 3.29. The summed E-state index contributed by atoms with van der Waals surface area (Å²) in [5.74, 6) is -0.465. The van der Waals surface area contributed by atoms with Crippen molar-refractivity contribution in [1.82, 2.24) is 10.2 Å². The van der Waals surface area contributed by atoms with Crippen LogP contribution in [0.25, 0.3) is 0 Å². The summed E-state index contributed by atoms with van der Waals surface area (Å²) < 4.78 is 0. The fourth-order valence-corrected chi connectivity index (χ4v) is 2.31. The van der Waals surface area contributed by atoms with Crippen LogP contribution in [0.4, 0.5) is 0 Å². The van der Waals surface area contributed by atoms with Gasteiger partial charge in [-0.25, -0.2) is 0 Å². The van der Waals surface area contributed by atoms with Gasteiger partial charge in [-0.05, 0) is 39.0 Å². The Morgan fingerprint density at radius 2 is 1.76 bits per heavy atom. The highest BCUT2D eigenvalue weighted by atomic mass is 16.2. The van der Waals surface area contributed by atoms with E-state index in [4.69, 9.17) is 0 Å². The van der Waals surface area contributed by atoms with Gasteiger partial charge in [-0.1, -0.05) is 13.8 Å². The van der Waals surface area contributed by atoms with Crippen molar-refractivity contribution in [2.24, 2.45) is 5.92 Å². The van der Waals surface area contributed by atoms with Crippen molar-refractivity contribution in [3.8, 4) is 0 Å². The molecule has 1 fully saturated rings. The molecule has 4 nitrogen and oxygen atoms in total. The number of nitrogens with zero attached hydrogens (tertiary/aromatic N) is 1. The predicted octanol–water partition coefficient (Wildman–Crippen LogP) is 1.55.